The molecule has 0 aliphatic carbocycles. The molecule has 148 valence electrons. The van der Waals surface area contributed by atoms with Crippen LogP contribution in [0.4, 0.5) is 0 Å². The standard InChI is InChI=1S/C24H23NO4/c1-18(23(26)25(2)17-19-9-5-3-6-10-19)28-24(27)20-13-15-22(16-14-20)29-21-11-7-4-8-12-21/h3-16,18H,17H2,1-2H3/t18-/m1/s1. The fourth-order valence-corrected chi connectivity index (χ4v) is 2.81. The number of amides is 1. The summed E-state index contributed by atoms with van der Waals surface area (Å²) >= 11 is 0. The molecule has 0 radical (unpaired) electrons. The SMILES string of the molecule is C[C@@H](OC(=O)c1ccc(Oc2ccccc2)cc1)C(=O)N(C)Cc1ccccc1. The fraction of sp³-hybridized carbons (Fsp3) is 0.167. The number of para-hydroxylation sites is 1. The molecule has 1 amide bonds. The van der Waals surface area contributed by atoms with Gasteiger partial charge in [-0.25, -0.2) is 4.79 Å². The van der Waals surface area contributed by atoms with Gasteiger partial charge in [0, 0.05) is 13.6 Å². The van der Waals surface area contributed by atoms with Gasteiger partial charge < -0.3 is 14.4 Å². The van der Waals surface area contributed by atoms with E-state index < -0.39 is 12.1 Å². The highest BCUT2D eigenvalue weighted by Crippen LogP contribution is 2.21. The van der Waals surface area contributed by atoms with Gasteiger partial charge in [-0.05, 0) is 48.9 Å². The van der Waals surface area contributed by atoms with Gasteiger partial charge in [-0.2, -0.15) is 0 Å². The zero-order valence-electron chi connectivity index (χ0n) is 16.4. The van der Waals surface area contributed by atoms with Crippen molar-refractivity contribution in [2.24, 2.45) is 0 Å². The number of rotatable bonds is 7. The Kier molecular flexibility index (Phi) is 6.63. The van der Waals surface area contributed by atoms with E-state index in [1.54, 1.807) is 43.1 Å². The average molecular weight is 389 g/mol. The minimum absolute atomic E-state index is 0.258. The van der Waals surface area contributed by atoms with Crippen LogP contribution in [0.5, 0.6) is 11.5 Å². The van der Waals surface area contributed by atoms with E-state index in [0.29, 0.717) is 23.6 Å². The van der Waals surface area contributed by atoms with Crippen LogP contribution in [-0.4, -0.2) is 29.9 Å². The van der Waals surface area contributed by atoms with E-state index in [1.807, 2.05) is 60.7 Å². The third-order valence-electron chi connectivity index (χ3n) is 4.34. The molecule has 5 nitrogen and oxygen atoms in total. The Morgan fingerprint density at radius 3 is 2.00 bits per heavy atom. The van der Waals surface area contributed by atoms with E-state index in [0.717, 1.165) is 5.56 Å². The first-order chi connectivity index (χ1) is 14.0. The fourth-order valence-electron chi connectivity index (χ4n) is 2.81. The molecule has 0 aliphatic heterocycles. The number of benzene rings is 3. The van der Waals surface area contributed by atoms with Crippen molar-refractivity contribution in [3.63, 3.8) is 0 Å². The van der Waals surface area contributed by atoms with Crippen LogP contribution in [-0.2, 0) is 16.1 Å². The molecular weight excluding hydrogens is 366 g/mol. The van der Waals surface area contributed by atoms with Gasteiger partial charge in [-0.15, -0.1) is 0 Å². The van der Waals surface area contributed by atoms with Gasteiger partial charge in [0.1, 0.15) is 11.5 Å². The molecule has 3 aromatic rings. The summed E-state index contributed by atoms with van der Waals surface area (Å²) in [5, 5.41) is 0. The third-order valence-corrected chi connectivity index (χ3v) is 4.34. The van der Waals surface area contributed by atoms with Crippen molar-refractivity contribution in [3.05, 3.63) is 96.1 Å². The Bertz CT molecular complexity index is 940. The van der Waals surface area contributed by atoms with Crippen molar-refractivity contribution in [3.8, 4) is 11.5 Å². The van der Waals surface area contributed by atoms with Gasteiger partial charge in [-0.3, -0.25) is 4.79 Å². The Hall–Kier alpha value is -3.60. The summed E-state index contributed by atoms with van der Waals surface area (Å²) in [6, 6.07) is 25.6. The number of ether oxygens (including phenoxy) is 2. The minimum atomic E-state index is -0.878. The van der Waals surface area contributed by atoms with E-state index in [1.165, 1.54) is 0 Å². The molecule has 0 spiro atoms. The number of hydrogen-bond donors (Lipinski definition) is 0. The van der Waals surface area contributed by atoms with Gasteiger partial charge in [0.25, 0.3) is 5.91 Å². The highest BCUT2D eigenvalue weighted by Gasteiger charge is 2.22. The lowest BCUT2D eigenvalue weighted by atomic mass is 10.2. The molecule has 5 heteroatoms. The molecule has 1 atom stereocenters. The van der Waals surface area contributed by atoms with Crippen LogP contribution in [0.15, 0.2) is 84.9 Å². The predicted molar refractivity (Wildman–Crippen MR) is 111 cm³/mol. The first kappa shape index (κ1) is 20.1. The molecule has 0 saturated heterocycles. The molecule has 0 bridgehead atoms. The van der Waals surface area contributed by atoms with Crippen molar-refractivity contribution in [1.82, 2.24) is 4.90 Å². The molecule has 0 unspecified atom stereocenters. The Morgan fingerprint density at radius 2 is 1.38 bits per heavy atom. The third kappa shape index (κ3) is 5.69. The summed E-state index contributed by atoms with van der Waals surface area (Å²) in [7, 11) is 1.69. The number of nitrogens with zero attached hydrogens (tertiary/aromatic N) is 1. The maximum atomic E-state index is 12.5. The number of carbonyl (C=O) groups is 2. The summed E-state index contributed by atoms with van der Waals surface area (Å²) in [5.74, 6) is 0.513. The highest BCUT2D eigenvalue weighted by atomic mass is 16.5. The molecule has 0 heterocycles. The lowest BCUT2D eigenvalue weighted by Crippen LogP contribution is -2.37. The predicted octanol–water partition coefficient (Wildman–Crippen LogP) is 4.68. The summed E-state index contributed by atoms with van der Waals surface area (Å²) < 4.78 is 11.1. The van der Waals surface area contributed by atoms with Crippen LogP contribution in [0.25, 0.3) is 0 Å². The summed E-state index contributed by atoms with van der Waals surface area (Å²) in [6.45, 7) is 2.03. The molecule has 0 aromatic heterocycles. The van der Waals surface area contributed by atoms with Crippen molar-refractivity contribution in [2.45, 2.75) is 19.6 Å². The zero-order chi connectivity index (χ0) is 20.6. The first-order valence-electron chi connectivity index (χ1n) is 9.36. The van der Waals surface area contributed by atoms with E-state index >= 15 is 0 Å². The van der Waals surface area contributed by atoms with Crippen LogP contribution in [0.1, 0.15) is 22.8 Å². The minimum Gasteiger partial charge on any atom is -0.457 e. The highest BCUT2D eigenvalue weighted by molar-refractivity contribution is 5.92. The Balaban J connectivity index is 1.55. The second kappa shape index (κ2) is 9.55. The molecule has 3 aromatic carbocycles. The van der Waals surface area contributed by atoms with Crippen molar-refractivity contribution in [2.75, 3.05) is 7.05 Å². The Labute approximate surface area is 170 Å². The second-order valence-corrected chi connectivity index (χ2v) is 6.67. The van der Waals surface area contributed by atoms with Crippen molar-refractivity contribution < 1.29 is 19.1 Å². The number of likely N-dealkylation sites (N-methyl/N-ethyl adjacent to an activating group) is 1. The molecule has 29 heavy (non-hydrogen) atoms. The van der Waals surface area contributed by atoms with Gasteiger partial charge >= 0.3 is 5.97 Å². The van der Waals surface area contributed by atoms with Crippen LogP contribution < -0.4 is 4.74 Å². The smallest absolute Gasteiger partial charge is 0.338 e. The quantitative estimate of drug-likeness (QED) is 0.551. The number of carbonyl (C=O) groups excluding carboxylic acids is 2. The molecule has 0 saturated carbocycles. The first-order valence-corrected chi connectivity index (χ1v) is 9.36. The summed E-state index contributed by atoms with van der Waals surface area (Å²) in [5.41, 5.74) is 1.37. The van der Waals surface area contributed by atoms with Gasteiger partial charge in [0.15, 0.2) is 6.10 Å². The van der Waals surface area contributed by atoms with Crippen LogP contribution in [0, 0.1) is 0 Å². The molecule has 3 rings (SSSR count). The van der Waals surface area contributed by atoms with Crippen molar-refractivity contribution in [1.29, 1.82) is 0 Å². The maximum absolute atomic E-state index is 12.5. The van der Waals surface area contributed by atoms with E-state index in [9.17, 15) is 9.59 Å². The van der Waals surface area contributed by atoms with Crippen molar-refractivity contribution >= 4 is 11.9 Å². The summed E-state index contributed by atoms with van der Waals surface area (Å²) in [6.07, 6.45) is -0.878. The lowest BCUT2D eigenvalue weighted by molar-refractivity contribution is -0.139. The van der Waals surface area contributed by atoms with Crippen LogP contribution >= 0.6 is 0 Å². The average Bonchev–Trinajstić information content (AvgIpc) is 2.75. The van der Waals surface area contributed by atoms with Crippen LogP contribution in [0.3, 0.4) is 0 Å². The number of hydrogen-bond acceptors (Lipinski definition) is 4. The van der Waals surface area contributed by atoms with Gasteiger partial charge in [0.05, 0.1) is 5.56 Å². The number of esters is 1. The normalized spacial score (nSPS) is 11.4. The topological polar surface area (TPSA) is 55.8 Å². The zero-order valence-corrected chi connectivity index (χ0v) is 16.4. The van der Waals surface area contributed by atoms with E-state index in [-0.39, 0.29) is 5.91 Å². The van der Waals surface area contributed by atoms with Crippen LogP contribution in [0.2, 0.25) is 0 Å². The molecular formula is C24H23NO4. The van der Waals surface area contributed by atoms with Gasteiger partial charge in [0.2, 0.25) is 0 Å². The lowest BCUT2D eigenvalue weighted by Gasteiger charge is -2.21. The van der Waals surface area contributed by atoms with Gasteiger partial charge in [-0.1, -0.05) is 48.5 Å². The largest absolute Gasteiger partial charge is 0.457 e. The molecule has 0 aliphatic rings. The molecule has 0 fully saturated rings. The second-order valence-electron chi connectivity index (χ2n) is 6.67. The molecule has 0 N–H and O–H groups in total. The van der Waals surface area contributed by atoms with E-state index in [2.05, 4.69) is 0 Å². The van der Waals surface area contributed by atoms with E-state index in [4.69, 9.17) is 9.47 Å². The maximum Gasteiger partial charge on any atom is 0.338 e. The Morgan fingerprint density at radius 1 is 0.828 bits per heavy atom. The summed E-state index contributed by atoms with van der Waals surface area (Å²) in [4.78, 5) is 26.4. The monoisotopic (exact) mass is 389 g/mol.